The van der Waals surface area contributed by atoms with Crippen LogP contribution in [0.15, 0.2) is 174 Å². The molecule has 0 atom stereocenters. The fourth-order valence-corrected chi connectivity index (χ4v) is 5.90. The molecule has 7 aromatic rings. The van der Waals surface area contributed by atoms with Crippen molar-refractivity contribution < 1.29 is 51.5 Å². The van der Waals surface area contributed by atoms with Crippen molar-refractivity contribution in [2.45, 2.75) is 13.8 Å². The van der Waals surface area contributed by atoms with Crippen LogP contribution in [0.3, 0.4) is 0 Å². The van der Waals surface area contributed by atoms with Gasteiger partial charge in [0.25, 0.3) is 0 Å². The quantitative estimate of drug-likeness (QED) is 0.138. The van der Waals surface area contributed by atoms with E-state index in [1.807, 2.05) is 158 Å². The summed E-state index contributed by atoms with van der Waals surface area (Å²) in [5.74, 6) is -1.29. The number of phenols is 2. The Labute approximate surface area is 353 Å². The number of methoxy groups -OCH3 is 1. The topological polar surface area (TPSA) is 155 Å². The fourth-order valence-electron chi connectivity index (χ4n) is 5.90. The monoisotopic (exact) mass is 827 g/mol. The summed E-state index contributed by atoms with van der Waals surface area (Å²) in [5.41, 5.74) is 9.42. The van der Waals surface area contributed by atoms with Crippen LogP contribution in [0.5, 0.6) is 17.2 Å². The first-order chi connectivity index (χ1) is 28.0. The summed E-state index contributed by atoms with van der Waals surface area (Å²) in [6, 6.07) is 53.1. The Morgan fingerprint density at radius 2 is 0.831 bits per heavy atom. The summed E-state index contributed by atoms with van der Waals surface area (Å²) in [6.45, 7) is 1.94. The molecule has 0 heterocycles. The van der Waals surface area contributed by atoms with Crippen molar-refractivity contribution in [3.63, 3.8) is 0 Å². The van der Waals surface area contributed by atoms with Gasteiger partial charge in [0.1, 0.15) is 17.2 Å². The van der Waals surface area contributed by atoms with Crippen LogP contribution >= 0.6 is 0 Å². The number of hydrogen-bond donors (Lipinski definition) is 2. The van der Waals surface area contributed by atoms with E-state index in [9.17, 15) is 10.2 Å². The fraction of sp³-hybridized carbons (Fsp3) is 0.0612. The standard InChI is InChI=1S/C45H34N2O3.2C2H4O2.Co/c1-50-39-22-23-42(46-29-37-24-35(31-14-6-2-7-15-31)26-40(44(37)48)33-18-10-4-11-19-33)43(28-39)47-30-38-25-36(32-16-8-3-9-17-32)27-41(45(38)49)34-20-12-5-13-21-34;2*1-2(3)4;/h2-30,48-49H,1H3;2*1H3,(H,3,4);/q;;;+2/p-2. The van der Waals surface area contributed by atoms with Crippen LogP contribution in [0.2, 0.25) is 0 Å². The summed E-state index contributed by atoms with van der Waals surface area (Å²) in [4.78, 5) is 27.4. The Morgan fingerprint density at radius 1 is 0.492 bits per heavy atom. The minimum absolute atomic E-state index is 0. The van der Waals surface area contributed by atoms with Crippen LogP contribution in [0, 0.1) is 0 Å². The van der Waals surface area contributed by atoms with Gasteiger partial charge in [-0.3, -0.25) is 9.98 Å². The Balaban J connectivity index is 0.000000785. The molecule has 7 rings (SSSR count). The molecule has 59 heavy (non-hydrogen) atoms. The molecule has 0 fully saturated rings. The van der Waals surface area contributed by atoms with Gasteiger partial charge in [0.2, 0.25) is 0 Å². The van der Waals surface area contributed by atoms with Crippen LogP contribution in [-0.2, 0) is 26.4 Å². The Hall–Kier alpha value is -7.27. The number of aromatic hydroxyl groups is 2. The number of phenolic OH excluding ortho intramolecular Hbond substituents is 2. The first-order valence-corrected chi connectivity index (χ1v) is 18.1. The molecule has 0 aliphatic carbocycles. The number of benzene rings is 7. The summed E-state index contributed by atoms with van der Waals surface area (Å²) >= 11 is 0. The number of hydrogen-bond acceptors (Lipinski definition) is 9. The maximum atomic E-state index is 11.5. The van der Waals surface area contributed by atoms with E-state index < -0.39 is 11.9 Å². The number of nitrogens with zero attached hydrogens (tertiary/aromatic N) is 2. The molecule has 0 saturated carbocycles. The minimum atomic E-state index is -1.08. The van der Waals surface area contributed by atoms with E-state index in [0.29, 0.717) is 39.4 Å². The third-order valence-corrected chi connectivity index (χ3v) is 8.53. The first-order valence-electron chi connectivity index (χ1n) is 18.1. The van der Waals surface area contributed by atoms with Crippen LogP contribution in [-0.4, -0.2) is 41.7 Å². The van der Waals surface area contributed by atoms with E-state index >= 15 is 0 Å². The number of carbonyl (C=O) groups is 2. The molecule has 0 aliphatic heterocycles. The van der Waals surface area contributed by atoms with Gasteiger partial charge in [0.15, 0.2) is 0 Å². The number of carboxylic acids is 2. The molecule has 0 aliphatic rings. The molecule has 0 aromatic heterocycles. The van der Waals surface area contributed by atoms with E-state index in [-0.39, 0.29) is 28.3 Å². The van der Waals surface area contributed by atoms with Crippen LogP contribution < -0.4 is 14.9 Å². The SMILES string of the molecule is CC(=O)[O-].CC(=O)[O-].COc1ccc(N=Cc2cc(-c3ccccc3)cc(-c3ccccc3)c2O)c(N=Cc2cc(-c3ccccc3)cc(-c3ccccc3)c2O)c1.[Co+2]. The third kappa shape index (κ3) is 12.6. The van der Waals surface area contributed by atoms with Crippen molar-refractivity contribution in [2.24, 2.45) is 9.98 Å². The Morgan fingerprint density at radius 3 is 1.19 bits per heavy atom. The summed E-state index contributed by atoms with van der Waals surface area (Å²) in [5, 5.41) is 40.8. The number of carboxylic acid groups (broad SMARTS) is 2. The largest absolute Gasteiger partial charge is 2.00 e. The van der Waals surface area contributed by atoms with Crippen molar-refractivity contribution in [3.8, 4) is 61.8 Å². The van der Waals surface area contributed by atoms with Gasteiger partial charge in [-0.1, -0.05) is 121 Å². The molecule has 0 spiro atoms. The number of aliphatic carboxylic acids is 2. The summed E-state index contributed by atoms with van der Waals surface area (Å²) in [7, 11) is 1.60. The van der Waals surface area contributed by atoms with Crippen molar-refractivity contribution in [3.05, 3.63) is 175 Å². The molecule has 0 unspecified atom stereocenters. The zero-order valence-corrected chi connectivity index (χ0v) is 33.4. The summed E-state index contributed by atoms with van der Waals surface area (Å²) < 4.78 is 5.54. The van der Waals surface area contributed by atoms with Crippen LogP contribution in [0.4, 0.5) is 11.4 Å². The predicted molar refractivity (Wildman–Crippen MR) is 227 cm³/mol. The Bertz CT molecular complexity index is 2510. The van der Waals surface area contributed by atoms with Gasteiger partial charge in [-0.25, -0.2) is 0 Å². The predicted octanol–water partition coefficient (Wildman–Crippen LogP) is 8.79. The van der Waals surface area contributed by atoms with Gasteiger partial charge in [-0.05, 0) is 83.6 Å². The number of aliphatic imine (C=N–C) groups is 2. The number of rotatable bonds is 9. The van der Waals surface area contributed by atoms with Crippen molar-refractivity contribution in [1.82, 2.24) is 0 Å². The Kier molecular flexibility index (Phi) is 16.5. The molecule has 7 aromatic carbocycles. The average Bonchev–Trinajstić information content (AvgIpc) is 3.24. The third-order valence-electron chi connectivity index (χ3n) is 8.53. The van der Waals surface area contributed by atoms with Gasteiger partial charge in [0, 0.05) is 52.7 Å². The number of ether oxygens (including phenoxy) is 1. The van der Waals surface area contributed by atoms with E-state index in [2.05, 4.69) is 0 Å². The molecule has 10 heteroatoms. The van der Waals surface area contributed by atoms with E-state index in [1.165, 1.54) is 0 Å². The zero-order valence-electron chi connectivity index (χ0n) is 32.4. The van der Waals surface area contributed by atoms with Gasteiger partial charge in [0.05, 0.1) is 18.5 Å². The van der Waals surface area contributed by atoms with Crippen LogP contribution in [0.1, 0.15) is 25.0 Å². The number of carbonyl (C=O) groups excluding carboxylic acids is 2. The first kappa shape index (κ1) is 44.4. The molecule has 2 N–H and O–H groups in total. The molecule has 0 bridgehead atoms. The molecule has 9 nitrogen and oxygen atoms in total. The average molecular weight is 828 g/mol. The maximum Gasteiger partial charge on any atom is 2.00 e. The van der Waals surface area contributed by atoms with Crippen molar-refractivity contribution in [1.29, 1.82) is 0 Å². The second-order valence-electron chi connectivity index (χ2n) is 12.7. The van der Waals surface area contributed by atoms with E-state index in [4.69, 9.17) is 34.5 Å². The van der Waals surface area contributed by atoms with Gasteiger partial charge < -0.3 is 34.8 Å². The molecule has 297 valence electrons. The van der Waals surface area contributed by atoms with Crippen LogP contribution in [0.25, 0.3) is 44.5 Å². The van der Waals surface area contributed by atoms with Gasteiger partial charge in [-0.15, -0.1) is 0 Å². The molecular weight excluding hydrogens is 787 g/mol. The van der Waals surface area contributed by atoms with Crippen molar-refractivity contribution >= 4 is 35.7 Å². The second kappa shape index (κ2) is 21.9. The molecule has 0 amide bonds. The summed E-state index contributed by atoms with van der Waals surface area (Å²) in [6.07, 6.45) is 3.32. The van der Waals surface area contributed by atoms with Gasteiger partial charge in [-0.2, -0.15) is 0 Å². The molecular formula is C49H40CoN2O7. The normalized spacial score (nSPS) is 10.4. The smallest absolute Gasteiger partial charge is 0.550 e. The second-order valence-corrected chi connectivity index (χ2v) is 12.7. The minimum Gasteiger partial charge on any atom is -0.550 e. The van der Waals surface area contributed by atoms with Crippen molar-refractivity contribution in [2.75, 3.05) is 7.11 Å². The van der Waals surface area contributed by atoms with Gasteiger partial charge >= 0.3 is 16.8 Å². The van der Waals surface area contributed by atoms with E-state index in [0.717, 1.165) is 47.2 Å². The molecule has 1 radical (unpaired) electrons. The van der Waals surface area contributed by atoms with E-state index in [1.54, 1.807) is 25.6 Å². The molecule has 0 saturated heterocycles. The maximum absolute atomic E-state index is 11.5. The zero-order chi connectivity index (χ0) is 41.4.